The van der Waals surface area contributed by atoms with Gasteiger partial charge in [-0.3, -0.25) is 4.79 Å². The summed E-state index contributed by atoms with van der Waals surface area (Å²) in [7, 11) is 0. The lowest BCUT2D eigenvalue weighted by Gasteiger charge is -2.26. The van der Waals surface area contributed by atoms with Gasteiger partial charge in [-0.2, -0.15) is 0 Å². The Morgan fingerprint density at radius 3 is 2.65 bits per heavy atom. The van der Waals surface area contributed by atoms with E-state index in [2.05, 4.69) is 17.4 Å². The molecular formula is C17H16FNO. The lowest BCUT2D eigenvalue weighted by molar-refractivity contribution is 0.0932. The summed E-state index contributed by atoms with van der Waals surface area (Å²) in [6, 6.07) is 13.9. The molecule has 1 aliphatic rings. The summed E-state index contributed by atoms with van der Waals surface area (Å²) in [5.74, 6) is -0.476. The maximum atomic E-state index is 12.9. The Morgan fingerprint density at radius 2 is 1.85 bits per heavy atom. The Bertz CT molecular complexity index is 621. The summed E-state index contributed by atoms with van der Waals surface area (Å²) in [4.78, 5) is 12.2. The summed E-state index contributed by atoms with van der Waals surface area (Å²) in [5.41, 5.74) is 3.01. The number of carbonyl (C=O) groups excluding carboxylic acids is 1. The Kier molecular flexibility index (Phi) is 3.50. The summed E-state index contributed by atoms with van der Waals surface area (Å²) >= 11 is 0. The minimum absolute atomic E-state index is 0.0532. The molecule has 0 aromatic heterocycles. The summed E-state index contributed by atoms with van der Waals surface area (Å²) in [6.45, 7) is 0. The van der Waals surface area contributed by atoms with Gasteiger partial charge in [-0.1, -0.05) is 24.3 Å². The molecule has 3 heteroatoms. The van der Waals surface area contributed by atoms with Crippen LogP contribution in [0.3, 0.4) is 0 Å². The van der Waals surface area contributed by atoms with Gasteiger partial charge in [0.15, 0.2) is 0 Å². The minimum atomic E-state index is -0.329. The fourth-order valence-corrected chi connectivity index (χ4v) is 2.75. The molecule has 0 unspecified atom stereocenters. The van der Waals surface area contributed by atoms with Crippen LogP contribution in [-0.2, 0) is 6.42 Å². The van der Waals surface area contributed by atoms with Gasteiger partial charge in [0.1, 0.15) is 5.82 Å². The Hall–Kier alpha value is -2.16. The number of benzene rings is 2. The van der Waals surface area contributed by atoms with E-state index >= 15 is 0 Å². The van der Waals surface area contributed by atoms with E-state index in [-0.39, 0.29) is 17.8 Å². The average molecular weight is 269 g/mol. The van der Waals surface area contributed by atoms with Gasteiger partial charge in [0.2, 0.25) is 0 Å². The predicted octanol–water partition coefficient (Wildman–Crippen LogP) is 3.63. The number of aryl methyl sites for hydroxylation is 1. The van der Waals surface area contributed by atoms with Crippen molar-refractivity contribution in [1.29, 1.82) is 0 Å². The molecule has 1 N–H and O–H groups in total. The predicted molar refractivity (Wildman–Crippen MR) is 76.0 cm³/mol. The van der Waals surface area contributed by atoms with E-state index in [0.717, 1.165) is 19.3 Å². The highest BCUT2D eigenvalue weighted by Gasteiger charge is 2.21. The highest BCUT2D eigenvalue weighted by atomic mass is 19.1. The van der Waals surface area contributed by atoms with Crippen LogP contribution in [0, 0.1) is 5.82 Å². The van der Waals surface area contributed by atoms with Gasteiger partial charge in [-0.05, 0) is 54.7 Å². The molecule has 1 aliphatic carbocycles. The first-order chi connectivity index (χ1) is 9.74. The fourth-order valence-electron chi connectivity index (χ4n) is 2.75. The first-order valence-electron chi connectivity index (χ1n) is 6.88. The van der Waals surface area contributed by atoms with Gasteiger partial charge < -0.3 is 5.32 Å². The molecule has 0 saturated carbocycles. The second-order valence-corrected chi connectivity index (χ2v) is 5.12. The molecule has 1 atom stereocenters. The number of nitrogens with one attached hydrogen (secondary N) is 1. The van der Waals surface area contributed by atoms with Crippen LogP contribution in [0.2, 0.25) is 0 Å². The Morgan fingerprint density at radius 1 is 1.10 bits per heavy atom. The Balaban J connectivity index is 1.79. The number of carbonyl (C=O) groups is 1. The van der Waals surface area contributed by atoms with Gasteiger partial charge in [0.25, 0.3) is 5.91 Å². The van der Waals surface area contributed by atoms with E-state index in [1.165, 1.54) is 35.4 Å². The van der Waals surface area contributed by atoms with Crippen molar-refractivity contribution in [3.05, 3.63) is 71.0 Å². The number of amides is 1. The number of hydrogen-bond acceptors (Lipinski definition) is 1. The van der Waals surface area contributed by atoms with Gasteiger partial charge in [-0.25, -0.2) is 4.39 Å². The highest BCUT2D eigenvalue weighted by molar-refractivity contribution is 5.94. The van der Waals surface area contributed by atoms with Crippen LogP contribution < -0.4 is 5.32 Å². The third kappa shape index (κ3) is 2.57. The summed E-state index contributed by atoms with van der Waals surface area (Å²) in [5, 5.41) is 3.05. The Labute approximate surface area is 117 Å². The molecule has 0 fully saturated rings. The molecule has 0 aliphatic heterocycles. The van der Waals surface area contributed by atoms with Crippen LogP contribution in [0.5, 0.6) is 0 Å². The van der Waals surface area contributed by atoms with Crippen molar-refractivity contribution < 1.29 is 9.18 Å². The van der Waals surface area contributed by atoms with Crippen molar-refractivity contribution in [2.75, 3.05) is 0 Å². The maximum absolute atomic E-state index is 12.9. The number of hydrogen-bond donors (Lipinski definition) is 1. The molecule has 20 heavy (non-hydrogen) atoms. The second-order valence-electron chi connectivity index (χ2n) is 5.12. The van der Waals surface area contributed by atoms with Crippen LogP contribution in [0.4, 0.5) is 4.39 Å². The zero-order valence-electron chi connectivity index (χ0n) is 11.1. The van der Waals surface area contributed by atoms with E-state index in [9.17, 15) is 9.18 Å². The normalized spacial score (nSPS) is 17.4. The molecule has 0 bridgehead atoms. The number of fused-ring (bicyclic) bond motifs is 1. The molecule has 0 heterocycles. The molecule has 102 valence electrons. The van der Waals surface area contributed by atoms with Crippen LogP contribution in [0.15, 0.2) is 48.5 Å². The van der Waals surface area contributed by atoms with Crippen LogP contribution in [-0.4, -0.2) is 5.91 Å². The lowest BCUT2D eigenvalue weighted by Crippen LogP contribution is -2.30. The average Bonchev–Trinajstić information content (AvgIpc) is 2.48. The van der Waals surface area contributed by atoms with Crippen molar-refractivity contribution in [1.82, 2.24) is 5.32 Å². The summed E-state index contributed by atoms with van der Waals surface area (Å²) in [6.07, 6.45) is 3.09. The number of halogens is 1. The molecular weight excluding hydrogens is 253 g/mol. The molecule has 2 aromatic rings. The van der Waals surface area contributed by atoms with Crippen molar-refractivity contribution in [3.63, 3.8) is 0 Å². The fraction of sp³-hybridized carbons (Fsp3) is 0.235. The van der Waals surface area contributed by atoms with E-state index < -0.39 is 0 Å². The van der Waals surface area contributed by atoms with E-state index in [1.807, 2.05) is 12.1 Å². The molecule has 3 rings (SSSR count). The van der Waals surface area contributed by atoms with Crippen molar-refractivity contribution >= 4 is 5.91 Å². The molecule has 2 nitrogen and oxygen atoms in total. The van der Waals surface area contributed by atoms with Crippen molar-refractivity contribution in [2.24, 2.45) is 0 Å². The zero-order chi connectivity index (χ0) is 13.9. The third-order valence-corrected chi connectivity index (χ3v) is 3.78. The molecule has 2 aromatic carbocycles. The maximum Gasteiger partial charge on any atom is 0.251 e. The van der Waals surface area contributed by atoms with Crippen LogP contribution in [0.25, 0.3) is 0 Å². The summed E-state index contributed by atoms with van der Waals surface area (Å²) < 4.78 is 12.9. The minimum Gasteiger partial charge on any atom is -0.345 e. The van der Waals surface area contributed by atoms with Crippen molar-refractivity contribution in [2.45, 2.75) is 25.3 Å². The van der Waals surface area contributed by atoms with E-state index in [1.54, 1.807) is 0 Å². The third-order valence-electron chi connectivity index (χ3n) is 3.78. The second kappa shape index (κ2) is 5.45. The topological polar surface area (TPSA) is 29.1 Å². The smallest absolute Gasteiger partial charge is 0.251 e. The molecule has 1 amide bonds. The quantitative estimate of drug-likeness (QED) is 0.886. The molecule has 0 spiro atoms. The standard InChI is InChI=1S/C17H16FNO/c18-14-10-8-13(9-11-14)17(20)19-16-7-3-5-12-4-1-2-6-15(12)16/h1-2,4,6,8-11,16H,3,5,7H2,(H,19,20)/t16-/m0/s1. The first-order valence-corrected chi connectivity index (χ1v) is 6.88. The number of rotatable bonds is 2. The monoisotopic (exact) mass is 269 g/mol. The van der Waals surface area contributed by atoms with Gasteiger partial charge in [-0.15, -0.1) is 0 Å². The van der Waals surface area contributed by atoms with E-state index in [0.29, 0.717) is 5.56 Å². The van der Waals surface area contributed by atoms with Crippen LogP contribution in [0.1, 0.15) is 40.4 Å². The van der Waals surface area contributed by atoms with Gasteiger partial charge >= 0.3 is 0 Å². The first kappa shape index (κ1) is 12.9. The van der Waals surface area contributed by atoms with Gasteiger partial charge in [0.05, 0.1) is 6.04 Å². The highest BCUT2D eigenvalue weighted by Crippen LogP contribution is 2.29. The lowest BCUT2D eigenvalue weighted by atomic mass is 9.87. The van der Waals surface area contributed by atoms with E-state index in [4.69, 9.17) is 0 Å². The van der Waals surface area contributed by atoms with Crippen LogP contribution >= 0.6 is 0 Å². The molecule has 0 saturated heterocycles. The largest absolute Gasteiger partial charge is 0.345 e. The van der Waals surface area contributed by atoms with Crippen molar-refractivity contribution in [3.8, 4) is 0 Å². The SMILES string of the molecule is O=C(N[C@H]1CCCc2ccccc21)c1ccc(F)cc1. The molecule has 0 radical (unpaired) electrons. The zero-order valence-corrected chi connectivity index (χ0v) is 11.1. The van der Waals surface area contributed by atoms with Gasteiger partial charge in [0, 0.05) is 5.56 Å².